The molecule has 0 aliphatic carbocycles. The minimum atomic E-state index is -0.447. The van der Waals surface area contributed by atoms with Crippen LogP contribution in [0.1, 0.15) is 19.4 Å². The van der Waals surface area contributed by atoms with Crippen molar-refractivity contribution >= 4 is 5.97 Å². The van der Waals surface area contributed by atoms with Gasteiger partial charge in [0.15, 0.2) is 6.61 Å². The number of ether oxygens (including phenoxy) is 3. The summed E-state index contributed by atoms with van der Waals surface area (Å²) in [6, 6.07) is 5.01. The molecule has 0 aromatic heterocycles. The van der Waals surface area contributed by atoms with Gasteiger partial charge in [-0.15, -0.1) is 0 Å². The van der Waals surface area contributed by atoms with Crippen LogP contribution in [0.2, 0.25) is 0 Å². The molecule has 0 aliphatic rings. The van der Waals surface area contributed by atoms with Crippen molar-refractivity contribution in [2.75, 3.05) is 13.7 Å². The summed E-state index contributed by atoms with van der Waals surface area (Å²) in [5.41, 5.74) is 0.591. The van der Waals surface area contributed by atoms with Crippen LogP contribution < -0.4 is 9.47 Å². The van der Waals surface area contributed by atoms with E-state index in [1.807, 2.05) is 0 Å². The van der Waals surface area contributed by atoms with Gasteiger partial charge in [0, 0.05) is 11.6 Å². The number of hydrogen-bond donors (Lipinski definition) is 1. The zero-order chi connectivity index (χ0) is 13.5. The third kappa shape index (κ3) is 4.25. The summed E-state index contributed by atoms with van der Waals surface area (Å²) in [5, 5.41) is 9.16. The third-order valence-electron chi connectivity index (χ3n) is 2.16. The molecule has 1 aromatic rings. The van der Waals surface area contributed by atoms with Crippen LogP contribution in [0, 0.1) is 0 Å². The molecule has 0 unspecified atom stereocenters. The summed E-state index contributed by atoms with van der Waals surface area (Å²) in [6.07, 6.45) is -0.177. The van der Waals surface area contributed by atoms with Crippen molar-refractivity contribution in [2.24, 2.45) is 0 Å². The van der Waals surface area contributed by atoms with E-state index in [9.17, 15) is 4.79 Å². The van der Waals surface area contributed by atoms with Crippen molar-refractivity contribution < 1.29 is 24.1 Å². The maximum atomic E-state index is 11.3. The van der Waals surface area contributed by atoms with E-state index in [0.717, 1.165) is 0 Å². The van der Waals surface area contributed by atoms with E-state index >= 15 is 0 Å². The Morgan fingerprint density at radius 3 is 2.67 bits per heavy atom. The van der Waals surface area contributed by atoms with Gasteiger partial charge in [0.25, 0.3) is 0 Å². The first kappa shape index (κ1) is 14.3. The van der Waals surface area contributed by atoms with Crippen LogP contribution in [0.3, 0.4) is 0 Å². The van der Waals surface area contributed by atoms with Crippen molar-refractivity contribution in [1.29, 1.82) is 0 Å². The van der Waals surface area contributed by atoms with Gasteiger partial charge < -0.3 is 19.3 Å². The standard InChI is InChI=1S/C13H18O5/c1-9(2)18-13(15)8-17-12-6-11(16-3)5-4-10(12)7-14/h4-6,9,14H,7-8H2,1-3H3. The summed E-state index contributed by atoms with van der Waals surface area (Å²) in [4.78, 5) is 11.3. The molecule has 0 aliphatic heterocycles. The van der Waals surface area contributed by atoms with Gasteiger partial charge in [0.2, 0.25) is 0 Å². The van der Waals surface area contributed by atoms with E-state index in [4.69, 9.17) is 19.3 Å². The highest BCUT2D eigenvalue weighted by Gasteiger charge is 2.10. The van der Waals surface area contributed by atoms with Gasteiger partial charge in [-0.05, 0) is 26.0 Å². The van der Waals surface area contributed by atoms with Crippen molar-refractivity contribution in [2.45, 2.75) is 26.6 Å². The number of hydrogen-bond acceptors (Lipinski definition) is 5. The number of carbonyl (C=O) groups is 1. The molecule has 0 heterocycles. The molecule has 1 N–H and O–H groups in total. The average Bonchev–Trinajstić information content (AvgIpc) is 2.35. The predicted molar refractivity (Wildman–Crippen MR) is 65.6 cm³/mol. The number of methoxy groups -OCH3 is 1. The van der Waals surface area contributed by atoms with E-state index in [1.165, 1.54) is 7.11 Å². The van der Waals surface area contributed by atoms with Gasteiger partial charge in [-0.3, -0.25) is 0 Å². The number of carbonyl (C=O) groups excluding carboxylic acids is 1. The van der Waals surface area contributed by atoms with E-state index in [-0.39, 0.29) is 19.3 Å². The molecule has 0 amide bonds. The lowest BCUT2D eigenvalue weighted by atomic mass is 10.2. The molecule has 100 valence electrons. The summed E-state index contributed by atoms with van der Waals surface area (Å²) in [6.45, 7) is 3.17. The van der Waals surface area contributed by atoms with Crippen molar-refractivity contribution in [3.8, 4) is 11.5 Å². The number of esters is 1. The van der Waals surface area contributed by atoms with Crippen LogP contribution in [0.15, 0.2) is 18.2 Å². The van der Waals surface area contributed by atoms with E-state index < -0.39 is 5.97 Å². The van der Waals surface area contributed by atoms with Gasteiger partial charge in [-0.25, -0.2) is 4.79 Å². The van der Waals surface area contributed by atoms with Crippen LogP contribution in [0.5, 0.6) is 11.5 Å². The highest BCUT2D eigenvalue weighted by molar-refractivity contribution is 5.71. The van der Waals surface area contributed by atoms with Gasteiger partial charge in [0.1, 0.15) is 11.5 Å². The topological polar surface area (TPSA) is 65.0 Å². The fourth-order valence-corrected chi connectivity index (χ4v) is 1.36. The number of aliphatic hydroxyl groups is 1. The Hall–Kier alpha value is -1.75. The normalized spacial score (nSPS) is 10.3. The van der Waals surface area contributed by atoms with Gasteiger partial charge in [0.05, 0.1) is 19.8 Å². The Labute approximate surface area is 106 Å². The molecule has 0 fully saturated rings. The number of benzene rings is 1. The molecule has 0 radical (unpaired) electrons. The van der Waals surface area contributed by atoms with Gasteiger partial charge in [-0.1, -0.05) is 0 Å². The molecule has 0 atom stereocenters. The van der Waals surface area contributed by atoms with Crippen molar-refractivity contribution in [3.63, 3.8) is 0 Å². The fraction of sp³-hybridized carbons (Fsp3) is 0.462. The van der Waals surface area contributed by atoms with Crippen LogP contribution in [0.4, 0.5) is 0 Å². The smallest absolute Gasteiger partial charge is 0.344 e. The second kappa shape index (κ2) is 6.86. The number of aliphatic hydroxyl groups excluding tert-OH is 1. The van der Waals surface area contributed by atoms with Gasteiger partial charge >= 0.3 is 5.97 Å². The summed E-state index contributed by atoms with van der Waals surface area (Å²) in [5.74, 6) is 0.564. The monoisotopic (exact) mass is 254 g/mol. The Morgan fingerprint density at radius 1 is 1.39 bits per heavy atom. The SMILES string of the molecule is COc1ccc(CO)c(OCC(=O)OC(C)C)c1. The first-order valence-corrected chi connectivity index (χ1v) is 5.67. The Bertz CT molecular complexity index is 400. The van der Waals surface area contributed by atoms with Crippen LogP contribution in [-0.2, 0) is 16.1 Å². The molecule has 1 rings (SSSR count). The largest absolute Gasteiger partial charge is 0.497 e. The predicted octanol–water partition coefficient (Wildman–Crippen LogP) is 1.52. The third-order valence-corrected chi connectivity index (χ3v) is 2.16. The van der Waals surface area contributed by atoms with Crippen molar-refractivity contribution in [1.82, 2.24) is 0 Å². The first-order chi connectivity index (χ1) is 8.56. The van der Waals surface area contributed by atoms with Gasteiger partial charge in [-0.2, -0.15) is 0 Å². The lowest BCUT2D eigenvalue weighted by Gasteiger charge is -2.12. The summed E-state index contributed by atoms with van der Waals surface area (Å²) in [7, 11) is 1.53. The van der Waals surface area contributed by atoms with E-state index in [1.54, 1.807) is 32.0 Å². The highest BCUT2D eigenvalue weighted by Crippen LogP contribution is 2.24. The second-order valence-electron chi connectivity index (χ2n) is 3.96. The molecule has 1 aromatic carbocycles. The quantitative estimate of drug-likeness (QED) is 0.780. The minimum absolute atomic E-state index is 0.168. The van der Waals surface area contributed by atoms with Crippen molar-refractivity contribution in [3.05, 3.63) is 23.8 Å². The molecule has 5 heteroatoms. The number of rotatable bonds is 6. The zero-order valence-corrected chi connectivity index (χ0v) is 10.8. The van der Waals surface area contributed by atoms with Crippen LogP contribution in [0.25, 0.3) is 0 Å². The molecule has 18 heavy (non-hydrogen) atoms. The maximum Gasteiger partial charge on any atom is 0.344 e. The lowest BCUT2D eigenvalue weighted by molar-refractivity contribution is -0.149. The minimum Gasteiger partial charge on any atom is -0.497 e. The Morgan fingerprint density at radius 2 is 2.11 bits per heavy atom. The lowest BCUT2D eigenvalue weighted by Crippen LogP contribution is -2.19. The Kier molecular flexibility index (Phi) is 5.45. The maximum absolute atomic E-state index is 11.3. The second-order valence-corrected chi connectivity index (χ2v) is 3.96. The fourth-order valence-electron chi connectivity index (χ4n) is 1.36. The van der Waals surface area contributed by atoms with Crippen LogP contribution in [-0.4, -0.2) is 30.9 Å². The summed E-state index contributed by atoms with van der Waals surface area (Å²) < 4.78 is 15.3. The van der Waals surface area contributed by atoms with E-state index in [2.05, 4.69) is 0 Å². The highest BCUT2D eigenvalue weighted by atomic mass is 16.6. The zero-order valence-electron chi connectivity index (χ0n) is 10.8. The molecule has 0 saturated heterocycles. The molecule has 0 bridgehead atoms. The average molecular weight is 254 g/mol. The first-order valence-electron chi connectivity index (χ1n) is 5.67. The Balaban J connectivity index is 2.67. The molecular formula is C13H18O5. The molecule has 0 spiro atoms. The van der Waals surface area contributed by atoms with Crippen LogP contribution >= 0.6 is 0 Å². The summed E-state index contributed by atoms with van der Waals surface area (Å²) >= 11 is 0. The molecule has 5 nitrogen and oxygen atoms in total. The molecule has 0 saturated carbocycles. The van der Waals surface area contributed by atoms with E-state index in [0.29, 0.717) is 17.1 Å². The molecular weight excluding hydrogens is 236 g/mol.